The Kier molecular flexibility index (Phi) is 5.17. The highest BCUT2D eigenvalue weighted by Crippen LogP contribution is 2.58. The Morgan fingerprint density at radius 3 is 1.86 bits per heavy atom. The van der Waals surface area contributed by atoms with Crippen LogP contribution in [-0.2, 0) is 6.18 Å². The summed E-state index contributed by atoms with van der Waals surface area (Å²) in [6.07, 6.45) is -4.32. The van der Waals surface area contributed by atoms with Crippen molar-refractivity contribution in [1.82, 2.24) is 0 Å². The van der Waals surface area contributed by atoms with Crippen LogP contribution in [0, 0.1) is 11.6 Å². The highest BCUT2D eigenvalue weighted by molar-refractivity contribution is 7.65. The van der Waals surface area contributed by atoms with E-state index in [-0.39, 0.29) is 10.3 Å². The van der Waals surface area contributed by atoms with Gasteiger partial charge in [-0.05, 0) is 36.4 Å². The lowest BCUT2D eigenvalue weighted by atomic mass is 10.1. The Labute approximate surface area is 126 Å². The summed E-state index contributed by atoms with van der Waals surface area (Å²) in [6, 6.07) is 5.22. The Morgan fingerprint density at radius 2 is 1.43 bits per heavy atom. The Hall–Kier alpha value is -1.00. The normalized spacial score (nSPS) is 13.0. The standard InChI is InChI=1S/C17H22F3P/c1-15(2,3)21(16(4,5)6)11-10-13-8-7-9-14(12-13)17(18,19)20/h7-9,12H,1-6H3. The molecule has 0 amide bonds. The molecule has 0 saturated heterocycles. The molecule has 0 aliphatic heterocycles. The van der Waals surface area contributed by atoms with Crippen molar-refractivity contribution in [2.45, 2.75) is 58.0 Å². The number of hydrogen-bond donors (Lipinski definition) is 0. The lowest BCUT2D eigenvalue weighted by Crippen LogP contribution is -2.23. The molecule has 1 aromatic rings. The van der Waals surface area contributed by atoms with Gasteiger partial charge in [-0.1, -0.05) is 59.2 Å². The second-order valence-electron chi connectivity index (χ2n) is 6.99. The molecular weight excluding hydrogens is 292 g/mol. The second-order valence-corrected chi connectivity index (χ2v) is 10.6. The molecule has 0 heterocycles. The second kappa shape index (κ2) is 6.01. The molecule has 21 heavy (non-hydrogen) atoms. The van der Waals surface area contributed by atoms with Crippen molar-refractivity contribution in [3.8, 4) is 11.6 Å². The molecule has 0 spiro atoms. The molecule has 0 aliphatic carbocycles. The van der Waals surface area contributed by atoms with E-state index >= 15 is 0 Å². The van der Waals surface area contributed by atoms with E-state index in [0.717, 1.165) is 12.1 Å². The summed E-state index contributed by atoms with van der Waals surface area (Å²) in [6.45, 7) is 12.8. The molecule has 0 fully saturated rings. The molecule has 116 valence electrons. The highest BCUT2D eigenvalue weighted by Gasteiger charge is 2.33. The van der Waals surface area contributed by atoms with Crippen LogP contribution in [0.25, 0.3) is 0 Å². The zero-order valence-electron chi connectivity index (χ0n) is 13.4. The van der Waals surface area contributed by atoms with Crippen LogP contribution in [-0.4, -0.2) is 10.3 Å². The van der Waals surface area contributed by atoms with E-state index in [0.29, 0.717) is 5.56 Å². The van der Waals surface area contributed by atoms with Crippen LogP contribution in [0.4, 0.5) is 13.2 Å². The first-order valence-corrected chi connectivity index (χ1v) is 8.15. The van der Waals surface area contributed by atoms with Crippen LogP contribution < -0.4 is 0 Å². The molecule has 4 heteroatoms. The van der Waals surface area contributed by atoms with Crippen molar-refractivity contribution in [3.05, 3.63) is 35.4 Å². The summed E-state index contributed by atoms with van der Waals surface area (Å²) in [7, 11) is -0.647. The van der Waals surface area contributed by atoms with Crippen molar-refractivity contribution < 1.29 is 13.2 Å². The average Bonchev–Trinajstić information content (AvgIpc) is 2.24. The summed E-state index contributed by atoms with van der Waals surface area (Å²) in [5, 5.41) is 0.0600. The molecule has 0 aromatic heterocycles. The van der Waals surface area contributed by atoms with E-state index in [2.05, 4.69) is 53.1 Å². The first-order chi connectivity index (χ1) is 9.32. The summed E-state index contributed by atoms with van der Waals surface area (Å²) in [4.78, 5) is 0. The number of rotatable bonds is 0. The summed E-state index contributed by atoms with van der Waals surface area (Å²) in [5.41, 5.74) is 3.02. The molecule has 0 aliphatic rings. The van der Waals surface area contributed by atoms with Gasteiger partial charge in [0.05, 0.1) is 5.56 Å². The predicted molar refractivity (Wildman–Crippen MR) is 84.7 cm³/mol. The number of hydrogen-bond acceptors (Lipinski definition) is 0. The third-order valence-electron chi connectivity index (χ3n) is 2.84. The number of halogens is 3. The highest BCUT2D eigenvalue weighted by atomic mass is 31.1. The molecule has 0 bridgehead atoms. The molecule has 0 nitrogen and oxygen atoms in total. The van der Waals surface area contributed by atoms with Gasteiger partial charge in [0, 0.05) is 5.56 Å². The van der Waals surface area contributed by atoms with E-state index in [1.165, 1.54) is 6.07 Å². The molecule has 0 atom stereocenters. The zero-order valence-corrected chi connectivity index (χ0v) is 14.3. The van der Waals surface area contributed by atoms with Crippen molar-refractivity contribution in [1.29, 1.82) is 0 Å². The van der Waals surface area contributed by atoms with Crippen molar-refractivity contribution in [2.24, 2.45) is 0 Å². The Bertz CT molecular complexity index is 534. The van der Waals surface area contributed by atoms with Gasteiger partial charge in [0.1, 0.15) is 0 Å². The zero-order chi connectivity index (χ0) is 16.5. The van der Waals surface area contributed by atoms with Crippen LogP contribution in [0.5, 0.6) is 0 Å². The van der Waals surface area contributed by atoms with E-state index in [4.69, 9.17) is 0 Å². The maximum absolute atomic E-state index is 12.7. The minimum Gasteiger partial charge on any atom is -0.166 e. The van der Waals surface area contributed by atoms with Gasteiger partial charge in [0.2, 0.25) is 0 Å². The van der Waals surface area contributed by atoms with Crippen LogP contribution >= 0.6 is 7.92 Å². The van der Waals surface area contributed by atoms with E-state index in [9.17, 15) is 13.2 Å². The summed E-state index contributed by atoms with van der Waals surface area (Å²) < 4.78 is 38.1. The van der Waals surface area contributed by atoms with E-state index in [1.807, 2.05) is 0 Å². The fourth-order valence-corrected chi connectivity index (χ4v) is 5.16. The minimum atomic E-state index is -4.32. The Morgan fingerprint density at radius 1 is 0.905 bits per heavy atom. The largest absolute Gasteiger partial charge is 0.416 e. The van der Waals surface area contributed by atoms with Crippen LogP contribution in [0.1, 0.15) is 52.7 Å². The molecule has 0 radical (unpaired) electrons. The maximum Gasteiger partial charge on any atom is 0.416 e. The van der Waals surface area contributed by atoms with Crippen LogP contribution in [0.2, 0.25) is 0 Å². The third-order valence-corrected chi connectivity index (χ3v) is 5.86. The lowest BCUT2D eigenvalue weighted by molar-refractivity contribution is -0.137. The number of alkyl halides is 3. The van der Waals surface area contributed by atoms with Crippen LogP contribution in [0.3, 0.4) is 0 Å². The van der Waals surface area contributed by atoms with Gasteiger partial charge in [-0.15, -0.1) is 0 Å². The smallest absolute Gasteiger partial charge is 0.166 e. The molecule has 0 N–H and O–H groups in total. The van der Waals surface area contributed by atoms with Gasteiger partial charge in [0.15, 0.2) is 0 Å². The van der Waals surface area contributed by atoms with Crippen molar-refractivity contribution in [3.63, 3.8) is 0 Å². The van der Waals surface area contributed by atoms with Gasteiger partial charge in [-0.2, -0.15) is 13.2 Å². The van der Waals surface area contributed by atoms with Crippen molar-refractivity contribution in [2.75, 3.05) is 0 Å². The monoisotopic (exact) mass is 314 g/mol. The van der Waals surface area contributed by atoms with E-state index in [1.54, 1.807) is 6.07 Å². The van der Waals surface area contributed by atoms with Crippen LogP contribution in [0.15, 0.2) is 24.3 Å². The van der Waals surface area contributed by atoms with Gasteiger partial charge in [-0.25, -0.2) is 0 Å². The molecular formula is C17H22F3P. The fraction of sp³-hybridized carbons (Fsp3) is 0.529. The molecule has 1 rings (SSSR count). The first kappa shape index (κ1) is 18.1. The topological polar surface area (TPSA) is 0 Å². The minimum absolute atomic E-state index is 0.0300. The summed E-state index contributed by atoms with van der Waals surface area (Å²) >= 11 is 0. The predicted octanol–water partition coefficient (Wildman–Crippen LogP) is 6.09. The van der Waals surface area contributed by atoms with Gasteiger partial charge in [-0.3, -0.25) is 0 Å². The quantitative estimate of drug-likeness (QED) is 0.401. The van der Waals surface area contributed by atoms with Gasteiger partial charge < -0.3 is 0 Å². The lowest BCUT2D eigenvalue weighted by Gasteiger charge is -2.37. The Balaban J connectivity index is 3.16. The SMILES string of the molecule is CC(C)(C)P(C#Cc1cccc(C(F)(F)F)c1)C(C)(C)C. The molecule has 1 aromatic carbocycles. The molecule has 0 saturated carbocycles. The fourth-order valence-electron chi connectivity index (χ4n) is 2.24. The van der Waals surface area contributed by atoms with E-state index < -0.39 is 19.7 Å². The summed E-state index contributed by atoms with van der Waals surface area (Å²) in [5.74, 6) is 2.95. The maximum atomic E-state index is 12.7. The average molecular weight is 314 g/mol. The number of benzene rings is 1. The van der Waals surface area contributed by atoms with Gasteiger partial charge in [0.25, 0.3) is 0 Å². The molecule has 0 unspecified atom stereocenters. The van der Waals surface area contributed by atoms with Crippen molar-refractivity contribution >= 4 is 7.92 Å². The first-order valence-electron chi connectivity index (χ1n) is 6.81. The third kappa shape index (κ3) is 5.36. The van der Waals surface area contributed by atoms with Gasteiger partial charge >= 0.3 is 6.18 Å².